The number of aliphatic carboxylic acids is 1. The molecule has 3 N–H and O–H groups in total. The third kappa shape index (κ3) is 6.46. The minimum absolute atomic E-state index is 0.115. The number of hydrogen-bond donors (Lipinski definition) is 3. The molecule has 1 unspecified atom stereocenters. The Morgan fingerprint density at radius 3 is 2.77 bits per heavy atom. The van der Waals surface area contributed by atoms with Crippen molar-refractivity contribution in [2.45, 2.75) is 101 Å². The number of fused-ring (bicyclic) bond motifs is 3. The summed E-state index contributed by atoms with van der Waals surface area (Å²) in [6.45, 7) is 7.11. The number of carbonyl (C=O) groups is 1. The van der Waals surface area contributed by atoms with Crippen molar-refractivity contribution in [2.75, 3.05) is 25.0 Å². The maximum atomic E-state index is 12.9. The van der Waals surface area contributed by atoms with E-state index in [1.54, 1.807) is 0 Å². The number of aromatic nitrogens is 1. The monoisotopic (exact) mass is 657 g/mol. The molecule has 4 atom stereocenters. The van der Waals surface area contributed by atoms with Crippen LogP contribution in [0.3, 0.4) is 0 Å². The fraction of sp³-hybridized carbons (Fsp3) is 0.538. The zero-order chi connectivity index (χ0) is 32.6. The van der Waals surface area contributed by atoms with Gasteiger partial charge in [-0.05, 0) is 141 Å². The molecular weight excluding hydrogens is 610 g/mol. The summed E-state index contributed by atoms with van der Waals surface area (Å²) in [5.41, 5.74) is 4.82. The number of aryl methyl sites for hydroxylation is 1. The topological polar surface area (TPSA) is 92.7 Å². The van der Waals surface area contributed by atoms with Crippen molar-refractivity contribution in [1.29, 1.82) is 0 Å². The van der Waals surface area contributed by atoms with Crippen LogP contribution in [-0.2, 0) is 23.1 Å². The standard InChI is InChI=1S/C39H48ClN3O4/c1-25(24-46-35-12-18-42-34-8-3-5-26(2)36(34)35)19-28-20-27-9-10-31(47-32-11-17-41-23-32)22-33(27)38(28)13-15-39(16-14-38,37(44)45)43-30-7-4-6-29(40)21-30/h4,6-7,9-10,12,18,21-22,25-26,28,32,41,43H,3,5,8,11,13-17,19-20,23-24H2,1-2H3,(H,44,45)/t25-,26-,28?,32+,38?,39?/m1/s1. The summed E-state index contributed by atoms with van der Waals surface area (Å²) >= 11 is 6.28. The number of ether oxygens (including phenoxy) is 2. The van der Waals surface area contributed by atoms with Gasteiger partial charge in [0, 0.05) is 34.7 Å². The van der Waals surface area contributed by atoms with Crippen LogP contribution in [0.1, 0.15) is 93.5 Å². The van der Waals surface area contributed by atoms with E-state index in [1.807, 2.05) is 36.5 Å². The second-order valence-corrected chi connectivity index (χ2v) is 15.2. The molecule has 1 spiro atoms. The molecule has 7 rings (SSSR count). The molecule has 4 aliphatic rings. The summed E-state index contributed by atoms with van der Waals surface area (Å²) in [5, 5.41) is 18.0. The highest BCUT2D eigenvalue weighted by Crippen LogP contribution is 2.57. The zero-order valence-corrected chi connectivity index (χ0v) is 28.5. The van der Waals surface area contributed by atoms with E-state index in [9.17, 15) is 9.90 Å². The summed E-state index contributed by atoms with van der Waals surface area (Å²) < 4.78 is 13.0. The van der Waals surface area contributed by atoms with Crippen molar-refractivity contribution in [3.05, 3.63) is 82.1 Å². The third-order valence-corrected chi connectivity index (χ3v) is 11.8. The van der Waals surface area contributed by atoms with E-state index in [1.165, 1.54) is 35.2 Å². The Kier molecular flexibility index (Phi) is 9.14. The molecule has 47 heavy (non-hydrogen) atoms. The fourth-order valence-electron chi connectivity index (χ4n) is 9.07. The number of pyridine rings is 1. The first-order chi connectivity index (χ1) is 22.7. The highest BCUT2D eigenvalue weighted by molar-refractivity contribution is 6.30. The van der Waals surface area contributed by atoms with Crippen LogP contribution in [-0.4, -0.2) is 47.4 Å². The molecule has 0 radical (unpaired) electrons. The first-order valence-corrected chi connectivity index (χ1v) is 18.0. The smallest absolute Gasteiger partial charge is 0.329 e. The van der Waals surface area contributed by atoms with Crippen LogP contribution in [0.4, 0.5) is 5.69 Å². The summed E-state index contributed by atoms with van der Waals surface area (Å²) in [5.74, 6) is 2.33. The molecule has 3 aromatic rings. The highest BCUT2D eigenvalue weighted by atomic mass is 35.5. The van der Waals surface area contributed by atoms with Gasteiger partial charge in [-0.3, -0.25) is 4.98 Å². The number of benzene rings is 2. The summed E-state index contributed by atoms with van der Waals surface area (Å²) in [6.07, 6.45) is 11.2. The van der Waals surface area contributed by atoms with Crippen molar-refractivity contribution in [1.82, 2.24) is 10.3 Å². The Labute approximate surface area is 283 Å². The molecule has 2 fully saturated rings. The van der Waals surface area contributed by atoms with Crippen molar-refractivity contribution >= 4 is 23.3 Å². The predicted octanol–water partition coefficient (Wildman–Crippen LogP) is 7.94. The van der Waals surface area contributed by atoms with Crippen molar-refractivity contribution in [3.63, 3.8) is 0 Å². The summed E-state index contributed by atoms with van der Waals surface area (Å²) in [6, 6.07) is 16.1. The van der Waals surface area contributed by atoms with E-state index < -0.39 is 11.5 Å². The lowest BCUT2D eigenvalue weighted by Crippen LogP contribution is -2.53. The Bertz CT molecular complexity index is 1600. The van der Waals surface area contributed by atoms with Gasteiger partial charge in [0.2, 0.25) is 0 Å². The number of rotatable bonds is 10. The van der Waals surface area contributed by atoms with Crippen molar-refractivity contribution in [3.8, 4) is 11.5 Å². The molecule has 2 aromatic carbocycles. The molecule has 1 saturated heterocycles. The van der Waals surface area contributed by atoms with E-state index in [2.05, 4.69) is 47.7 Å². The largest absolute Gasteiger partial charge is 0.493 e. The van der Waals surface area contributed by atoms with E-state index in [0.29, 0.717) is 42.2 Å². The number of halogens is 1. The Morgan fingerprint density at radius 1 is 1.15 bits per heavy atom. The number of hydrogen-bond acceptors (Lipinski definition) is 6. The third-order valence-electron chi connectivity index (χ3n) is 11.6. The van der Waals surface area contributed by atoms with E-state index in [4.69, 9.17) is 21.1 Å². The van der Waals surface area contributed by atoms with Gasteiger partial charge in [0.1, 0.15) is 23.1 Å². The number of carboxylic acids is 1. The lowest BCUT2D eigenvalue weighted by Gasteiger charge is -2.47. The van der Waals surface area contributed by atoms with E-state index in [-0.39, 0.29) is 11.5 Å². The maximum Gasteiger partial charge on any atom is 0.329 e. The molecule has 1 saturated carbocycles. The molecule has 0 amide bonds. The lowest BCUT2D eigenvalue weighted by atomic mass is 9.59. The second-order valence-electron chi connectivity index (χ2n) is 14.7. The summed E-state index contributed by atoms with van der Waals surface area (Å²) in [4.78, 5) is 17.6. The zero-order valence-electron chi connectivity index (χ0n) is 27.7. The Hall–Kier alpha value is -3.29. The van der Waals surface area contributed by atoms with Crippen molar-refractivity contribution in [2.24, 2.45) is 11.8 Å². The molecule has 1 aromatic heterocycles. The second kappa shape index (κ2) is 13.3. The molecule has 0 bridgehead atoms. The Morgan fingerprint density at radius 2 is 2.00 bits per heavy atom. The minimum Gasteiger partial charge on any atom is -0.493 e. The van der Waals surface area contributed by atoms with Gasteiger partial charge in [0.25, 0.3) is 0 Å². The van der Waals surface area contributed by atoms with Crippen LogP contribution in [0, 0.1) is 11.8 Å². The van der Waals surface area contributed by atoms with Gasteiger partial charge in [-0.2, -0.15) is 0 Å². The molecule has 3 aliphatic carbocycles. The number of nitrogens with one attached hydrogen (secondary N) is 2. The molecule has 1 aliphatic heterocycles. The molecule has 8 heteroatoms. The first-order valence-electron chi connectivity index (χ1n) is 17.6. The average Bonchev–Trinajstić information content (AvgIpc) is 3.67. The molecule has 7 nitrogen and oxygen atoms in total. The van der Waals surface area contributed by atoms with Crippen LogP contribution in [0.25, 0.3) is 0 Å². The van der Waals surface area contributed by atoms with Crippen LogP contribution in [0.5, 0.6) is 11.5 Å². The highest BCUT2D eigenvalue weighted by Gasteiger charge is 2.54. The van der Waals surface area contributed by atoms with Gasteiger partial charge in [-0.1, -0.05) is 37.6 Å². The fourth-order valence-corrected chi connectivity index (χ4v) is 9.26. The van der Waals surface area contributed by atoms with Crippen LogP contribution < -0.4 is 20.1 Å². The van der Waals surface area contributed by atoms with Crippen molar-refractivity contribution < 1.29 is 19.4 Å². The van der Waals surface area contributed by atoms with Gasteiger partial charge < -0.3 is 25.2 Å². The van der Waals surface area contributed by atoms with Gasteiger partial charge in [0.05, 0.1) is 6.61 Å². The first kappa shape index (κ1) is 32.3. The van der Waals surface area contributed by atoms with E-state index in [0.717, 1.165) is 68.8 Å². The SMILES string of the molecule is C[C@@H](COc1ccnc2c1[C@H](C)CCC2)CC1Cc2ccc(O[C@H]3CCNC3)cc2C12CCC(Nc1cccc(Cl)c1)(C(=O)O)CC2. The minimum atomic E-state index is -1.04. The van der Waals surface area contributed by atoms with Gasteiger partial charge in [-0.25, -0.2) is 4.79 Å². The van der Waals surface area contributed by atoms with Crippen LogP contribution in [0.2, 0.25) is 5.02 Å². The normalized spacial score (nSPS) is 28.8. The lowest BCUT2D eigenvalue weighted by molar-refractivity contribution is -0.144. The molecular formula is C39H48ClN3O4. The quantitative estimate of drug-likeness (QED) is 0.204. The predicted molar refractivity (Wildman–Crippen MR) is 186 cm³/mol. The molecule has 250 valence electrons. The number of nitrogens with zero attached hydrogens (tertiary/aromatic N) is 1. The average molecular weight is 658 g/mol. The van der Waals surface area contributed by atoms with Gasteiger partial charge in [0.15, 0.2) is 0 Å². The number of carboxylic acid groups (broad SMARTS) is 1. The maximum absolute atomic E-state index is 12.9. The number of anilines is 1. The molecule has 2 heterocycles. The Balaban J connectivity index is 1.13. The van der Waals surface area contributed by atoms with Crippen LogP contribution in [0.15, 0.2) is 54.7 Å². The summed E-state index contributed by atoms with van der Waals surface area (Å²) in [7, 11) is 0. The van der Waals surface area contributed by atoms with Gasteiger partial charge >= 0.3 is 5.97 Å². The van der Waals surface area contributed by atoms with Gasteiger partial charge in [-0.15, -0.1) is 0 Å². The van der Waals surface area contributed by atoms with Crippen LogP contribution >= 0.6 is 11.6 Å². The van der Waals surface area contributed by atoms with E-state index >= 15 is 0 Å².